The Hall–Kier alpha value is -5.28. The first kappa shape index (κ1) is 30.7. The van der Waals surface area contributed by atoms with Crippen LogP contribution in [0.4, 0.5) is 25.1 Å². The number of nitrogens with one attached hydrogen (secondary N) is 1. The van der Waals surface area contributed by atoms with Crippen molar-refractivity contribution in [1.82, 2.24) is 19.8 Å². The number of carbonyl (C=O) groups is 4. The topological polar surface area (TPSA) is 164 Å². The number of benzene rings is 1. The van der Waals surface area contributed by atoms with Crippen molar-refractivity contribution in [2.24, 2.45) is 0 Å². The number of aromatic carboxylic acids is 1. The fraction of sp³-hybridized carbons (Fsp3) is 0.400. The molecule has 3 aromatic rings. The van der Waals surface area contributed by atoms with Crippen molar-refractivity contribution in [1.29, 1.82) is 0 Å². The number of carboxylic acid groups (broad SMARTS) is 1. The zero-order valence-corrected chi connectivity index (χ0v) is 24.7. The van der Waals surface area contributed by atoms with Gasteiger partial charge in [0.15, 0.2) is 29.8 Å². The lowest BCUT2D eigenvalue weighted by molar-refractivity contribution is -0.133. The highest BCUT2D eigenvalue weighted by molar-refractivity contribution is 5.92. The van der Waals surface area contributed by atoms with Gasteiger partial charge in [0.1, 0.15) is 17.3 Å². The van der Waals surface area contributed by atoms with Gasteiger partial charge in [0.05, 0.1) is 24.2 Å². The second kappa shape index (κ2) is 12.3. The van der Waals surface area contributed by atoms with E-state index in [1.165, 1.54) is 35.1 Å². The minimum absolute atomic E-state index is 0.00166. The van der Waals surface area contributed by atoms with Gasteiger partial charge in [-0.3, -0.25) is 19.3 Å². The number of nitrogens with zero attached hydrogens (tertiary/aromatic N) is 5. The van der Waals surface area contributed by atoms with Gasteiger partial charge >= 0.3 is 12.1 Å². The van der Waals surface area contributed by atoms with Gasteiger partial charge in [-0.05, 0) is 31.0 Å². The summed E-state index contributed by atoms with van der Waals surface area (Å²) in [5.41, 5.74) is -0.804. The molecule has 1 aromatic carbocycles. The van der Waals surface area contributed by atoms with E-state index in [4.69, 9.17) is 9.47 Å². The van der Waals surface area contributed by atoms with Crippen LogP contribution in [0.2, 0.25) is 0 Å². The Morgan fingerprint density at radius 2 is 1.83 bits per heavy atom. The standard InChI is InChI=1S/C30H30F2N6O8/c1-16(39)33-12-19-13-38(30(44)46-19)18-4-5-24(22(31)10-18)45-15-25(40)35-6-8-36(9-7-35)28-23(32)11-20-26(41)21(29(42)43)14-37(17-2-3-17)27(20)34-28/h4-5,10-11,14,17,19H,2-3,6-9,12-13,15H2,1H3,(H,33,39)(H,42,43)/t19-/m0/s1. The molecule has 1 saturated carbocycles. The Bertz CT molecular complexity index is 1800. The second-order valence-corrected chi connectivity index (χ2v) is 11.3. The fourth-order valence-electron chi connectivity index (χ4n) is 5.51. The number of carbonyl (C=O) groups excluding carboxylic acids is 3. The number of cyclic esters (lactones) is 1. The molecule has 0 bridgehead atoms. The maximum absolute atomic E-state index is 15.2. The summed E-state index contributed by atoms with van der Waals surface area (Å²) < 4.78 is 42.3. The van der Waals surface area contributed by atoms with Crippen LogP contribution in [0, 0.1) is 11.6 Å². The van der Waals surface area contributed by atoms with Crippen LogP contribution in [0.15, 0.2) is 35.3 Å². The van der Waals surface area contributed by atoms with Crippen molar-refractivity contribution in [3.63, 3.8) is 0 Å². The molecule has 0 spiro atoms. The minimum atomic E-state index is -1.39. The lowest BCUT2D eigenvalue weighted by atomic mass is 10.1. The predicted octanol–water partition coefficient (Wildman–Crippen LogP) is 1.90. The average Bonchev–Trinajstić information content (AvgIpc) is 3.80. The van der Waals surface area contributed by atoms with E-state index < -0.39 is 53.3 Å². The quantitative estimate of drug-likeness (QED) is 0.353. The number of halogens is 2. The predicted molar refractivity (Wildman–Crippen MR) is 158 cm³/mol. The van der Waals surface area contributed by atoms with Gasteiger partial charge in [0, 0.05) is 51.4 Å². The molecule has 46 heavy (non-hydrogen) atoms. The number of piperazine rings is 1. The summed E-state index contributed by atoms with van der Waals surface area (Å²) >= 11 is 0. The molecule has 3 aliphatic rings. The van der Waals surface area contributed by atoms with E-state index in [1.807, 2.05) is 0 Å². The van der Waals surface area contributed by atoms with Gasteiger partial charge < -0.3 is 34.3 Å². The highest BCUT2D eigenvalue weighted by atomic mass is 19.1. The van der Waals surface area contributed by atoms with Gasteiger partial charge in [0.25, 0.3) is 5.91 Å². The SMILES string of the molecule is CC(=O)NC[C@H]1CN(c2ccc(OCC(=O)N3CCN(c4nc5c(cc4F)c(=O)c(C(=O)O)cn5C4CC4)CC3)c(F)c2)C(=O)O1. The molecule has 2 N–H and O–H groups in total. The normalized spacial score (nSPS) is 18.1. The monoisotopic (exact) mass is 640 g/mol. The number of anilines is 2. The first-order valence-electron chi connectivity index (χ1n) is 14.7. The number of aromatic nitrogens is 2. The van der Waals surface area contributed by atoms with Gasteiger partial charge in [-0.1, -0.05) is 0 Å². The average molecular weight is 641 g/mol. The summed E-state index contributed by atoms with van der Waals surface area (Å²) in [6.07, 6.45) is 1.58. The molecule has 1 atom stereocenters. The van der Waals surface area contributed by atoms with Crippen molar-refractivity contribution < 1.29 is 42.5 Å². The molecule has 3 amide bonds. The van der Waals surface area contributed by atoms with Gasteiger partial charge in [-0.25, -0.2) is 23.4 Å². The molecule has 6 rings (SSSR count). The second-order valence-electron chi connectivity index (χ2n) is 11.3. The van der Waals surface area contributed by atoms with Crippen LogP contribution in [0.5, 0.6) is 5.75 Å². The number of pyridine rings is 2. The van der Waals surface area contributed by atoms with Crippen molar-refractivity contribution >= 4 is 46.4 Å². The Kier molecular flexibility index (Phi) is 8.19. The third-order valence-electron chi connectivity index (χ3n) is 8.07. The molecule has 4 heterocycles. The molecule has 2 aliphatic heterocycles. The first-order chi connectivity index (χ1) is 22.0. The first-order valence-corrected chi connectivity index (χ1v) is 14.7. The Morgan fingerprint density at radius 1 is 1.09 bits per heavy atom. The van der Waals surface area contributed by atoms with Crippen LogP contribution in [0.3, 0.4) is 0 Å². The van der Waals surface area contributed by atoms with E-state index in [2.05, 4.69) is 10.3 Å². The van der Waals surface area contributed by atoms with Gasteiger partial charge in [0.2, 0.25) is 11.3 Å². The van der Waals surface area contributed by atoms with E-state index in [-0.39, 0.29) is 79.5 Å². The summed E-state index contributed by atoms with van der Waals surface area (Å²) in [6, 6.07) is 4.86. The Morgan fingerprint density at radius 3 is 2.48 bits per heavy atom. The van der Waals surface area contributed by atoms with Crippen LogP contribution in [-0.4, -0.2) is 95.4 Å². The molecule has 242 valence electrons. The maximum atomic E-state index is 15.2. The van der Waals surface area contributed by atoms with E-state index in [0.29, 0.717) is 0 Å². The number of rotatable bonds is 9. The number of amides is 3. The van der Waals surface area contributed by atoms with Crippen molar-refractivity contribution in [2.75, 3.05) is 55.7 Å². The summed E-state index contributed by atoms with van der Waals surface area (Å²) in [5, 5.41) is 11.9. The van der Waals surface area contributed by atoms with Crippen LogP contribution < -0.4 is 25.3 Å². The van der Waals surface area contributed by atoms with E-state index in [1.54, 1.807) is 9.47 Å². The van der Waals surface area contributed by atoms with Crippen LogP contribution in [-0.2, 0) is 14.3 Å². The van der Waals surface area contributed by atoms with Crippen LogP contribution >= 0.6 is 0 Å². The van der Waals surface area contributed by atoms with E-state index in [9.17, 15) is 33.5 Å². The Labute approximate surface area is 260 Å². The number of carboxylic acids is 1. The lowest BCUT2D eigenvalue weighted by Gasteiger charge is -2.35. The molecule has 14 nitrogen and oxygen atoms in total. The van der Waals surface area contributed by atoms with Crippen molar-refractivity contribution in [2.45, 2.75) is 31.9 Å². The number of hydrogen-bond donors (Lipinski definition) is 2. The molecule has 2 saturated heterocycles. The van der Waals surface area contributed by atoms with Crippen LogP contribution in [0.1, 0.15) is 36.2 Å². The van der Waals surface area contributed by atoms with Crippen molar-refractivity contribution in [3.8, 4) is 5.75 Å². The summed E-state index contributed by atoms with van der Waals surface area (Å²) in [5.74, 6) is -3.82. The summed E-state index contributed by atoms with van der Waals surface area (Å²) in [6.45, 7) is 1.98. The molecular formula is C30H30F2N6O8. The molecule has 0 radical (unpaired) electrons. The van der Waals surface area contributed by atoms with Gasteiger partial charge in [-0.15, -0.1) is 0 Å². The van der Waals surface area contributed by atoms with E-state index in [0.717, 1.165) is 25.0 Å². The third kappa shape index (κ3) is 6.14. The smallest absolute Gasteiger partial charge is 0.414 e. The third-order valence-corrected chi connectivity index (χ3v) is 8.07. The summed E-state index contributed by atoms with van der Waals surface area (Å²) in [4.78, 5) is 69.3. The van der Waals surface area contributed by atoms with Crippen LogP contribution in [0.25, 0.3) is 11.0 Å². The zero-order chi connectivity index (χ0) is 32.7. The minimum Gasteiger partial charge on any atom is -0.481 e. The lowest BCUT2D eigenvalue weighted by Crippen LogP contribution is -2.50. The Balaban J connectivity index is 1.07. The van der Waals surface area contributed by atoms with E-state index >= 15 is 4.39 Å². The molecule has 16 heteroatoms. The number of ether oxygens (including phenoxy) is 2. The molecule has 0 unspecified atom stereocenters. The van der Waals surface area contributed by atoms with Gasteiger partial charge in [-0.2, -0.15) is 0 Å². The maximum Gasteiger partial charge on any atom is 0.414 e. The zero-order valence-electron chi connectivity index (χ0n) is 24.7. The van der Waals surface area contributed by atoms with Crippen molar-refractivity contribution in [3.05, 3.63) is 57.9 Å². The summed E-state index contributed by atoms with van der Waals surface area (Å²) in [7, 11) is 0. The molecular weight excluding hydrogens is 610 g/mol. The molecule has 1 aliphatic carbocycles. The molecule has 2 aromatic heterocycles. The number of hydrogen-bond acceptors (Lipinski definition) is 9. The highest BCUT2D eigenvalue weighted by Gasteiger charge is 2.33. The fourth-order valence-corrected chi connectivity index (χ4v) is 5.51. The number of fused-ring (bicyclic) bond motifs is 1. The molecule has 3 fully saturated rings. The highest BCUT2D eigenvalue weighted by Crippen LogP contribution is 2.37. The largest absolute Gasteiger partial charge is 0.481 e.